The van der Waals surface area contributed by atoms with Gasteiger partial charge in [-0.1, -0.05) is 12.1 Å². The van der Waals surface area contributed by atoms with Gasteiger partial charge in [-0.15, -0.1) is 0 Å². The van der Waals surface area contributed by atoms with Crippen LogP contribution < -0.4 is 10.6 Å². The number of β-amino-alcohol motifs (C(OH)–C–C–N with tert-alkyl or cyclic N) is 1. The number of H-pyrrole nitrogens is 1. The fourth-order valence-corrected chi connectivity index (χ4v) is 3.47. The number of guanidine groups is 1. The van der Waals surface area contributed by atoms with Crippen molar-refractivity contribution >= 4 is 17.0 Å². The molecule has 0 saturated carbocycles. The molecule has 2 aromatic rings. The van der Waals surface area contributed by atoms with Gasteiger partial charge in [0.2, 0.25) is 0 Å². The van der Waals surface area contributed by atoms with Crippen molar-refractivity contribution in [2.75, 3.05) is 52.5 Å². The lowest BCUT2D eigenvalue weighted by Crippen LogP contribution is -2.48. The van der Waals surface area contributed by atoms with E-state index in [-0.39, 0.29) is 0 Å². The number of fused-ring (bicyclic) bond motifs is 1. The summed E-state index contributed by atoms with van der Waals surface area (Å²) in [5.74, 6) is 1.74. The second-order valence-corrected chi connectivity index (χ2v) is 7.81. The molecular formula is C21H34N6O2. The van der Waals surface area contributed by atoms with Crippen LogP contribution >= 0.6 is 0 Å². The normalized spacial score (nSPS) is 18.0. The maximum absolute atomic E-state index is 10.7. The van der Waals surface area contributed by atoms with Gasteiger partial charge in [-0.2, -0.15) is 0 Å². The number of aliphatic imine (C=N–C) groups is 1. The fourth-order valence-electron chi connectivity index (χ4n) is 3.47. The summed E-state index contributed by atoms with van der Waals surface area (Å²) in [6.45, 7) is 9.59. The molecule has 29 heavy (non-hydrogen) atoms. The molecule has 1 aromatic carbocycles. The van der Waals surface area contributed by atoms with E-state index in [4.69, 9.17) is 4.74 Å². The third-order valence-electron chi connectivity index (χ3n) is 4.91. The number of para-hydroxylation sites is 2. The standard InChI is InChI=1S/C21H34N6O2/c1-3-22-20(24-15-21(2,28)16-27-11-13-29-14-12-27)23-10-6-9-19-25-17-7-4-5-8-18(17)26-19/h4-5,7-8,28H,3,6,9-16H2,1-2H3,(H,25,26)(H2,22,23,24). The van der Waals surface area contributed by atoms with Gasteiger partial charge in [0, 0.05) is 39.1 Å². The zero-order chi connectivity index (χ0) is 20.5. The molecule has 1 saturated heterocycles. The number of hydrogen-bond acceptors (Lipinski definition) is 5. The Labute approximate surface area is 172 Å². The third kappa shape index (κ3) is 6.99. The van der Waals surface area contributed by atoms with Crippen molar-refractivity contribution in [2.45, 2.75) is 32.3 Å². The van der Waals surface area contributed by atoms with Crippen LogP contribution in [0.1, 0.15) is 26.1 Å². The van der Waals surface area contributed by atoms with Gasteiger partial charge < -0.3 is 25.5 Å². The van der Waals surface area contributed by atoms with Crippen LogP contribution in [0.15, 0.2) is 29.3 Å². The average molecular weight is 403 g/mol. The summed E-state index contributed by atoms with van der Waals surface area (Å²) in [4.78, 5) is 14.8. The zero-order valence-electron chi connectivity index (χ0n) is 17.6. The molecule has 3 rings (SSSR count). The van der Waals surface area contributed by atoms with Crippen LogP contribution in [0, 0.1) is 0 Å². The number of hydrogen-bond donors (Lipinski definition) is 4. The van der Waals surface area contributed by atoms with Crippen LogP contribution in [0.25, 0.3) is 11.0 Å². The van der Waals surface area contributed by atoms with Gasteiger partial charge in [0.1, 0.15) is 5.82 Å². The van der Waals surface area contributed by atoms with Crippen LogP contribution in [0.4, 0.5) is 0 Å². The minimum Gasteiger partial charge on any atom is -0.387 e. The van der Waals surface area contributed by atoms with Crippen molar-refractivity contribution in [3.8, 4) is 0 Å². The lowest BCUT2D eigenvalue weighted by atomic mass is 10.1. The molecule has 0 bridgehead atoms. The first-order valence-corrected chi connectivity index (χ1v) is 10.5. The quantitative estimate of drug-likeness (QED) is 0.285. The molecule has 2 heterocycles. The Morgan fingerprint density at radius 1 is 1.31 bits per heavy atom. The number of aromatic nitrogens is 2. The predicted octanol–water partition coefficient (Wildman–Crippen LogP) is 1.13. The topological polar surface area (TPSA) is 97.8 Å². The number of imidazole rings is 1. The molecule has 0 spiro atoms. The number of rotatable bonds is 9. The van der Waals surface area contributed by atoms with Gasteiger partial charge in [-0.05, 0) is 32.4 Å². The van der Waals surface area contributed by atoms with Crippen molar-refractivity contribution in [1.82, 2.24) is 25.5 Å². The van der Waals surface area contributed by atoms with Gasteiger partial charge >= 0.3 is 0 Å². The SMILES string of the molecule is CCNC(=NCC(C)(O)CN1CCOCC1)NCCCc1nc2ccccc2[nH]1. The van der Waals surface area contributed by atoms with Crippen molar-refractivity contribution in [1.29, 1.82) is 0 Å². The second kappa shape index (κ2) is 10.6. The van der Waals surface area contributed by atoms with E-state index in [2.05, 4.69) is 30.5 Å². The van der Waals surface area contributed by atoms with E-state index in [0.717, 1.165) is 75.1 Å². The monoisotopic (exact) mass is 402 g/mol. The fraction of sp³-hybridized carbons (Fsp3) is 0.619. The van der Waals surface area contributed by atoms with E-state index in [9.17, 15) is 5.11 Å². The minimum atomic E-state index is -0.867. The lowest BCUT2D eigenvalue weighted by molar-refractivity contribution is -0.0179. The number of ether oxygens (including phenoxy) is 1. The van der Waals surface area contributed by atoms with Crippen molar-refractivity contribution in [3.63, 3.8) is 0 Å². The van der Waals surface area contributed by atoms with E-state index < -0.39 is 5.60 Å². The highest BCUT2D eigenvalue weighted by atomic mass is 16.5. The predicted molar refractivity (Wildman–Crippen MR) is 116 cm³/mol. The molecule has 4 N–H and O–H groups in total. The second-order valence-electron chi connectivity index (χ2n) is 7.81. The molecule has 0 amide bonds. The summed E-state index contributed by atoms with van der Waals surface area (Å²) in [6.07, 6.45) is 1.81. The summed E-state index contributed by atoms with van der Waals surface area (Å²) in [5.41, 5.74) is 1.22. The van der Waals surface area contributed by atoms with Crippen LogP contribution in [-0.2, 0) is 11.2 Å². The van der Waals surface area contributed by atoms with Gasteiger partial charge in [0.15, 0.2) is 5.96 Å². The van der Waals surface area contributed by atoms with E-state index in [0.29, 0.717) is 13.1 Å². The number of nitrogens with zero attached hydrogens (tertiary/aromatic N) is 3. The third-order valence-corrected chi connectivity index (χ3v) is 4.91. The smallest absolute Gasteiger partial charge is 0.191 e. The summed E-state index contributed by atoms with van der Waals surface area (Å²) < 4.78 is 5.37. The van der Waals surface area contributed by atoms with Crippen LogP contribution in [-0.4, -0.2) is 84.0 Å². The molecule has 1 atom stereocenters. The maximum atomic E-state index is 10.7. The average Bonchev–Trinajstić information content (AvgIpc) is 3.12. The van der Waals surface area contributed by atoms with Crippen molar-refractivity contribution in [3.05, 3.63) is 30.1 Å². The Bertz CT molecular complexity index is 749. The van der Waals surface area contributed by atoms with Gasteiger partial charge in [-0.3, -0.25) is 9.89 Å². The van der Waals surface area contributed by atoms with Crippen LogP contribution in [0.5, 0.6) is 0 Å². The summed E-state index contributed by atoms with van der Waals surface area (Å²) in [7, 11) is 0. The van der Waals surface area contributed by atoms with Crippen LogP contribution in [0.2, 0.25) is 0 Å². The largest absolute Gasteiger partial charge is 0.387 e. The summed E-state index contributed by atoms with van der Waals surface area (Å²) in [6, 6.07) is 8.08. The highest BCUT2D eigenvalue weighted by Crippen LogP contribution is 2.11. The first kappa shape index (κ1) is 21.5. The van der Waals surface area contributed by atoms with E-state index in [1.807, 2.05) is 38.1 Å². The van der Waals surface area contributed by atoms with Crippen molar-refractivity contribution in [2.24, 2.45) is 4.99 Å². The molecule has 0 radical (unpaired) electrons. The van der Waals surface area contributed by atoms with E-state index in [1.165, 1.54) is 0 Å². The highest BCUT2D eigenvalue weighted by Gasteiger charge is 2.25. The van der Waals surface area contributed by atoms with Gasteiger partial charge in [0.05, 0.1) is 36.4 Å². The number of nitrogens with one attached hydrogen (secondary N) is 3. The Morgan fingerprint density at radius 3 is 2.86 bits per heavy atom. The molecule has 160 valence electrons. The van der Waals surface area contributed by atoms with Crippen molar-refractivity contribution < 1.29 is 9.84 Å². The number of aryl methyl sites for hydroxylation is 1. The Hall–Kier alpha value is -2.16. The Kier molecular flexibility index (Phi) is 7.85. The number of aromatic amines is 1. The first-order valence-electron chi connectivity index (χ1n) is 10.5. The lowest BCUT2D eigenvalue weighted by Gasteiger charge is -2.33. The van der Waals surface area contributed by atoms with Gasteiger partial charge in [0.25, 0.3) is 0 Å². The highest BCUT2D eigenvalue weighted by molar-refractivity contribution is 5.79. The first-order chi connectivity index (χ1) is 14.1. The molecule has 8 nitrogen and oxygen atoms in total. The number of aliphatic hydroxyl groups is 1. The Balaban J connectivity index is 1.44. The molecule has 0 aliphatic carbocycles. The maximum Gasteiger partial charge on any atom is 0.191 e. The molecule has 1 aliphatic heterocycles. The molecule has 1 aromatic heterocycles. The molecule has 1 aliphatic rings. The molecule has 1 fully saturated rings. The summed E-state index contributed by atoms with van der Waals surface area (Å²) >= 11 is 0. The zero-order valence-corrected chi connectivity index (χ0v) is 17.6. The molecular weight excluding hydrogens is 368 g/mol. The van der Waals surface area contributed by atoms with E-state index >= 15 is 0 Å². The summed E-state index contributed by atoms with van der Waals surface area (Å²) in [5, 5.41) is 17.3. The molecule has 8 heteroatoms. The number of morpholine rings is 1. The van der Waals surface area contributed by atoms with E-state index in [1.54, 1.807) is 0 Å². The molecule has 1 unspecified atom stereocenters. The van der Waals surface area contributed by atoms with Crippen LogP contribution in [0.3, 0.4) is 0 Å². The minimum absolute atomic E-state index is 0.350. The Morgan fingerprint density at radius 2 is 2.10 bits per heavy atom. The number of benzene rings is 1. The van der Waals surface area contributed by atoms with Gasteiger partial charge in [-0.25, -0.2) is 4.98 Å².